The second kappa shape index (κ2) is 110. The quantitative estimate of drug-likeness (QED) is 0.0290. The smallest absolute Gasteiger partial charge is 0.252 e. The summed E-state index contributed by atoms with van der Waals surface area (Å²) in [5.41, 5.74) is 12.0. The first-order valence-corrected chi connectivity index (χ1v) is 538. The number of aromatic nitrogens is 6. The summed E-state index contributed by atoms with van der Waals surface area (Å²) < 4.78 is 15.0. The summed E-state index contributed by atoms with van der Waals surface area (Å²) in [6.45, 7) is 18.9. The summed E-state index contributed by atoms with van der Waals surface area (Å²) in [6, 6.07) is 9.47. The number of nitrogens with zero attached hydrogens (tertiary/aromatic N) is 8. The van der Waals surface area contributed by atoms with Crippen LogP contribution in [0.5, 0.6) is 0 Å². The van der Waals surface area contributed by atoms with Gasteiger partial charge in [0.1, 0.15) is 22.9 Å². The molecule has 4 aliphatic heterocycles. The molecule has 1 amide bonds. The van der Waals surface area contributed by atoms with Crippen LogP contribution in [0.2, 0.25) is 20.1 Å². The Balaban J connectivity index is 0.000000654. The Bertz CT molecular complexity index is 4970. The molecule has 0 saturated heterocycles. The molecule has 932 valence electrons. The number of rotatable bonds is 44. The van der Waals surface area contributed by atoms with E-state index in [0.717, 1.165) is 104 Å². The summed E-state index contributed by atoms with van der Waals surface area (Å²) in [6.07, 6.45) is 5.80. The largest absolute Gasteiger partial charge is 0.276 e. The van der Waals surface area contributed by atoms with Crippen molar-refractivity contribution in [2.45, 2.75) is 114 Å². The molecular formula is C48H61Cl6I81N9O4-. The van der Waals surface area contributed by atoms with Gasteiger partial charge >= 0.3 is 1080 Å². The number of fused-ring (bicyclic) bond motifs is 10. The van der Waals surface area contributed by atoms with Crippen LogP contribution >= 0.6 is 1140 Å². The molecule has 0 radical (unpaired) electrons. The summed E-state index contributed by atoms with van der Waals surface area (Å²) in [7, 11) is -22.9. The predicted octanol–water partition coefficient (Wildman–Crippen LogP) is 80.0. The van der Waals surface area contributed by atoms with Crippen molar-refractivity contribution in [2.75, 3.05) is 32.7 Å². The van der Waals surface area contributed by atoms with E-state index in [1.54, 1.807) is 18.2 Å². The van der Waals surface area contributed by atoms with Crippen molar-refractivity contribution in [3.05, 3.63) is 113 Å². The van der Waals surface area contributed by atoms with Gasteiger partial charge in [0.05, 0.1) is 49.4 Å². The summed E-state index contributed by atoms with van der Waals surface area (Å²) in [4.78, 5) is 27.8. The van der Waals surface area contributed by atoms with Crippen molar-refractivity contribution in [3.63, 3.8) is 0 Å². The number of hydrogen-bond donors (Lipinski definition) is 1. The first kappa shape index (κ1) is 197. The van der Waals surface area contributed by atoms with Gasteiger partial charge in [0.15, 0.2) is 0 Å². The van der Waals surface area contributed by atoms with Crippen LogP contribution in [0.15, 0.2) is 45.4 Å². The zero-order valence-electron chi connectivity index (χ0n) is 67.7. The summed E-state index contributed by atoms with van der Waals surface area (Å²) >= 11 is 167. The number of amides is 1. The number of nitrogens with one attached hydrogen (secondary N) is 1. The average molecular weight is 11300 g/mol. The van der Waals surface area contributed by atoms with Gasteiger partial charge in [-0.05, 0) is 107 Å². The molecule has 100 heteroatoms. The van der Waals surface area contributed by atoms with Gasteiger partial charge in [0, 0.05) is 78.9 Å². The van der Waals surface area contributed by atoms with E-state index < -0.39 is 313 Å². The number of carbonyl (C=O) groups is 2. The number of benzene rings is 2. The molecule has 148 heavy (non-hydrogen) atoms. The minimum absolute atomic E-state index is 0. The SMILES string of the molecule is C.C.CCN(CC)CC.Cc1onc2c1CCCn1nc3c(c1-2)CN(C(=O)c1ccc(Cl)c(Cl)c1)CC3.Cc1onc2c1CCCn1nc3c(c1-2)CNCC3.Cl.I[I-]I(I)I(I)I(I)I(I)I(I)I(I)I(I)I(I)I(I)I(I)I(I)I(I)I(I)I(I)I(I)I(I)I(I)I(I)I(I)I(I)I(I)I(I)I(I)I(I)I(I)I(I)I(I)I(I)I(I)I(I)I(I)I(I)I(I)I(I)I(I)I(I)I(I)I(I)I(I)I.O=C(Cl)c1ccc(Cl)c(Cl)c1. The Kier molecular flexibility index (Phi) is 146. The number of aryl methyl sites for hydroxylation is 4. The van der Waals surface area contributed by atoms with Gasteiger partial charge in [-0.2, -0.15) is 10.2 Å². The molecule has 0 bridgehead atoms. The van der Waals surface area contributed by atoms with Crippen LogP contribution in [0.3, 0.4) is 0 Å². The van der Waals surface area contributed by atoms with Gasteiger partial charge in [-0.3, -0.25) is 19.0 Å². The van der Waals surface area contributed by atoms with E-state index >= 15 is 0 Å². The Labute approximate surface area is 1440 Å². The number of carbonyl (C=O) groups excluding carboxylic acids is 2. The molecule has 4 aliphatic rings. The molecule has 13 nitrogen and oxygen atoms in total. The van der Waals surface area contributed by atoms with E-state index in [4.69, 9.17) is 77.2 Å². The maximum absolute atomic E-state index is 13.0. The third kappa shape index (κ3) is 66.9. The summed E-state index contributed by atoms with van der Waals surface area (Å²) in [5, 5.41) is 22.6. The van der Waals surface area contributed by atoms with Crippen molar-refractivity contribution in [3.8, 4) is 22.8 Å². The van der Waals surface area contributed by atoms with E-state index in [0.29, 0.717) is 64.0 Å². The van der Waals surface area contributed by atoms with Gasteiger partial charge in [-0.15, -0.1) is 12.4 Å². The minimum Gasteiger partial charge on any atom is -0.276 e. The molecule has 0 aliphatic carbocycles. The number of hydrogen-bond acceptors (Lipinski definition) is 10. The normalized spacial score (nSPS) is 16.8. The van der Waals surface area contributed by atoms with Crippen LogP contribution in [0.4, 0.5) is 0 Å². The molecule has 0 atom stereocenters. The van der Waals surface area contributed by atoms with E-state index in [9.17, 15) is 9.59 Å². The fraction of sp³-hybridized carbons (Fsp3) is 0.458. The van der Waals surface area contributed by atoms with Gasteiger partial charge in [0.25, 0.3) is 11.1 Å². The second-order valence-corrected chi connectivity index (χ2v) is 1940. The Morgan fingerprint density at radius 2 is 0.628 bits per heavy atom. The van der Waals surface area contributed by atoms with Crippen LogP contribution in [0, 0.1) is 13.8 Å². The fourth-order valence-corrected chi connectivity index (χ4v) is 15700. The van der Waals surface area contributed by atoms with Gasteiger partial charge < -0.3 is 24.2 Å². The monoisotopic (exact) mass is 11300 g/mol. The first-order chi connectivity index (χ1) is 67.7. The average Bonchev–Trinajstić information content (AvgIpc) is 1.56. The molecule has 0 fully saturated rings. The molecule has 4 aromatic heterocycles. The first-order valence-electron chi connectivity index (χ1n) is 33.2. The van der Waals surface area contributed by atoms with Crippen LogP contribution in [0.25, 0.3) is 22.8 Å². The van der Waals surface area contributed by atoms with Crippen molar-refractivity contribution >= 4 is 1150 Å². The third-order valence-corrected chi connectivity index (χ3v) is 6380. The molecule has 6 aromatic rings. The zero-order chi connectivity index (χ0) is 110. The van der Waals surface area contributed by atoms with Crippen molar-refractivity contribution in [1.29, 1.82) is 0 Å². The zero-order valence-corrected chi connectivity index (χ0v) is 247. The van der Waals surface area contributed by atoms with Crippen molar-refractivity contribution < 1.29 is 31.9 Å². The molecule has 8 heterocycles. The molecule has 1 N–H and O–H groups in total. The summed E-state index contributed by atoms with van der Waals surface area (Å²) in [5.74, 6) is 1.75. The maximum atomic E-state index is 13.0. The molecule has 2 aromatic carbocycles. The van der Waals surface area contributed by atoms with E-state index in [1.807, 2.05) is 23.4 Å². The van der Waals surface area contributed by atoms with Crippen LogP contribution in [-0.2, 0) is 51.9 Å². The molecule has 0 spiro atoms. The van der Waals surface area contributed by atoms with Crippen LogP contribution in [-0.4, -0.2) is 83.5 Å². The van der Waals surface area contributed by atoms with Crippen LogP contribution < -0.4 is 18.6 Å². The molecule has 0 saturated carbocycles. The molecule has 0 unspecified atom stereocenters. The second-order valence-electron chi connectivity index (χ2n) is 22.3. The van der Waals surface area contributed by atoms with Crippen LogP contribution in [0.1, 0.15) is 114 Å². The van der Waals surface area contributed by atoms with Crippen molar-refractivity contribution in [1.82, 2.24) is 45.0 Å². The van der Waals surface area contributed by atoms with E-state index in [1.165, 1.54) is 60.3 Å². The minimum atomic E-state index is -0.638. The fourth-order valence-electron chi connectivity index (χ4n) is 9.62. The predicted molar refractivity (Wildman–Crippen MR) is 1390 cm³/mol. The van der Waals surface area contributed by atoms with Gasteiger partial charge in [-0.25, -0.2) is 0 Å². The maximum Gasteiger partial charge on any atom is 0.252 e. The third-order valence-electron chi connectivity index (χ3n) is 15.2. The topological polar surface area (TPSA) is 140 Å². The molecule has 10 rings (SSSR count). The van der Waals surface area contributed by atoms with Crippen molar-refractivity contribution in [2.24, 2.45) is 0 Å². The molecular weight excluding hydrogens is 11300 g/mol. The Morgan fingerprint density at radius 3 is 0.892 bits per heavy atom. The Morgan fingerprint density at radius 1 is 0.365 bits per heavy atom. The standard InChI is InChI=1S/C20H18Cl2N4O2.C13H16N4O.C7H3Cl3O.C6H15N.2CH4.ClH.I81/c1-11-13-3-2-7-26-19(18(13)24-28-11)14-10-25(8-6-17(14)23-26)20(27)12-4-5-15(21)16(22)9-12;1-8-9-3-2-6-17-13(12(9)16-18-8)10-7-14-5-4-11(10)15-17;8-5-2-1-4(7(10)11)3-6(5)9;1-4-7(5-2)6-3;;;;1-42-44(4)46(6)48(8)50(10)52(12)54(14)56(16)58(18)60(20)62(22)64(24)66(26)68(28)70(30)72(32)74(34)76(36)78(38)80(40)81(41)79(39)77(37)75(35)73(33)71(31)69(29)67(27)65(25)63(23)61(21)59(19)57(17)55(15)53(13)51(11)49(9)47(7)45(5)43(2)3/h4-5,9H,2-3,6-8,10H2,1H3;14H,2-7H2,1H3;1-3H;4-6H2,1-3H3;2*1H4;1H;/q;;;;;;;-1. The Hall–Kier alpha value is 55.2. The van der Waals surface area contributed by atoms with E-state index in [-0.39, 0.29) is 33.2 Å². The van der Waals surface area contributed by atoms with Gasteiger partial charge in [-0.1, -0.05) is 92.3 Å². The van der Waals surface area contributed by atoms with Gasteiger partial charge in [0.2, 0.25) is 0 Å². The number of halogens is 87. The van der Waals surface area contributed by atoms with E-state index in [2.05, 4.69) is 809 Å².